The van der Waals surface area contributed by atoms with Gasteiger partial charge in [-0.3, -0.25) is 0 Å². The highest BCUT2D eigenvalue weighted by Crippen LogP contribution is 2.32. The van der Waals surface area contributed by atoms with Gasteiger partial charge in [0.2, 0.25) is 10.0 Å². The maximum absolute atomic E-state index is 12.4. The summed E-state index contributed by atoms with van der Waals surface area (Å²) in [6.07, 6.45) is 4.52. The van der Waals surface area contributed by atoms with Gasteiger partial charge in [-0.05, 0) is 37.8 Å². The number of nitrogens with one attached hydrogen (secondary N) is 1. The normalized spacial score (nSPS) is 22.1. The smallest absolute Gasteiger partial charge is 0.240 e. The molecule has 0 saturated carbocycles. The van der Waals surface area contributed by atoms with Crippen LogP contribution in [-0.2, 0) is 14.8 Å². The molecule has 118 valence electrons. The lowest BCUT2D eigenvalue weighted by molar-refractivity contribution is -0.0905. The van der Waals surface area contributed by atoms with Crippen LogP contribution in [0.5, 0.6) is 0 Å². The van der Waals surface area contributed by atoms with Crippen LogP contribution in [0.1, 0.15) is 39.5 Å². The molecule has 0 aliphatic carbocycles. The predicted octanol–water partition coefficient (Wildman–Crippen LogP) is 2.75. The van der Waals surface area contributed by atoms with Crippen LogP contribution in [0.2, 0.25) is 5.15 Å². The molecule has 1 atom stereocenters. The minimum absolute atomic E-state index is 0.115. The molecule has 1 fully saturated rings. The van der Waals surface area contributed by atoms with Crippen LogP contribution in [0.25, 0.3) is 0 Å². The first-order valence-electron chi connectivity index (χ1n) is 7.18. The Morgan fingerprint density at radius 2 is 2.19 bits per heavy atom. The number of halogens is 1. The van der Waals surface area contributed by atoms with Gasteiger partial charge in [0, 0.05) is 18.8 Å². The molecule has 1 aliphatic rings. The number of hydrogen-bond acceptors (Lipinski definition) is 4. The molecule has 1 unspecified atom stereocenters. The quantitative estimate of drug-likeness (QED) is 0.842. The number of ether oxygens (including phenoxy) is 1. The summed E-state index contributed by atoms with van der Waals surface area (Å²) in [6, 6.07) is 2.69. The Hall–Kier alpha value is -0.690. The average molecular weight is 333 g/mol. The van der Waals surface area contributed by atoms with E-state index in [-0.39, 0.29) is 21.7 Å². The highest BCUT2D eigenvalue weighted by atomic mass is 35.5. The van der Waals surface area contributed by atoms with E-state index in [9.17, 15) is 8.42 Å². The maximum Gasteiger partial charge on any atom is 0.240 e. The standard InChI is InChI=1S/C14H21ClN2O3S/c1-3-14(4-2)10-11(6-8-20-14)17-21(18,19)12-5-7-16-13(15)9-12/h5,7,9,11,17H,3-4,6,8,10H2,1-2H3. The van der Waals surface area contributed by atoms with E-state index in [1.165, 1.54) is 18.3 Å². The van der Waals surface area contributed by atoms with E-state index in [0.717, 1.165) is 12.8 Å². The lowest BCUT2D eigenvalue weighted by Crippen LogP contribution is -2.48. The molecule has 1 aliphatic heterocycles. The first-order valence-corrected chi connectivity index (χ1v) is 9.05. The van der Waals surface area contributed by atoms with Crippen LogP contribution in [-0.4, -0.2) is 31.7 Å². The lowest BCUT2D eigenvalue weighted by Gasteiger charge is -2.40. The molecule has 7 heteroatoms. The highest BCUT2D eigenvalue weighted by Gasteiger charge is 2.36. The maximum atomic E-state index is 12.4. The minimum atomic E-state index is -3.58. The Morgan fingerprint density at radius 1 is 1.48 bits per heavy atom. The van der Waals surface area contributed by atoms with Crippen molar-refractivity contribution in [2.24, 2.45) is 0 Å². The molecule has 0 radical (unpaired) electrons. The van der Waals surface area contributed by atoms with E-state index in [1.54, 1.807) is 0 Å². The molecular formula is C14H21ClN2O3S. The second kappa shape index (κ2) is 6.60. The fourth-order valence-corrected chi connectivity index (χ4v) is 4.23. The summed E-state index contributed by atoms with van der Waals surface area (Å²) in [7, 11) is -3.58. The van der Waals surface area contributed by atoms with Crippen LogP contribution in [0.3, 0.4) is 0 Å². The second-order valence-corrected chi connectivity index (χ2v) is 7.47. The van der Waals surface area contributed by atoms with Crippen molar-refractivity contribution in [1.29, 1.82) is 0 Å². The third-order valence-corrected chi connectivity index (χ3v) is 5.84. The van der Waals surface area contributed by atoms with Gasteiger partial charge in [-0.1, -0.05) is 25.4 Å². The molecule has 0 aromatic carbocycles. The van der Waals surface area contributed by atoms with Gasteiger partial charge >= 0.3 is 0 Å². The van der Waals surface area contributed by atoms with Gasteiger partial charge in [0.05, 0.1) is 10.5 Å². The van der Waals surface area contributed by atoms with E-state index in [4.69, 9.17) is 16.3 Å². The zero-order chi connectivity index (χ0) is 15.5. The zero-order valence-corrected chi connectivity index (χ0v) is 13.9. The van der Waals surface area contributed by atoms with E-state index >= 15 is 0 Å². The average Bonchev–Trinajstić information content (AvgIpc) is 2.47. The van der Waals surface area contributed by atoms with Gasteiger partial charge in [0.25, 0.3) is 0 Å². The van der Waals surface area contributed by atoms with E-state index in [0.29, 0.717) is 19.4 Å². The topological polar surface area (TPSA) is 68.3 Å². The molecule has 0 amide bonds. The van der Waals surface area contributed by atoms with E-state index in [2.05, 4.69) is 23.6 Å². The van der Waals surface area contributed by atoms with Crippen LogP contribution in [0.15, 0.2) is 23.2 Å². The Morgan fingerprint density at radius 3 is 2.81 bits per heavy atom. The van der Waals surface area contributed by atoms with Crippen molar-refractivity contribution in [1.82, 2.24) is 9.71 Å². The molecular weight excluding hydrogens is 312 g/mol. The molecule has 0 bridgehead atoms. The second-order valence-electron chi connectivity index (χ2n) is 5.36. The molecule has 5 nitrogen and oxygen atoms in total. The molecule has 1 aromatic heterocycles. The number of rotatable bonds is 5. The van der Waals surface area contributed by atoms with Gasteiger partial charge in [-0.25, -0.2) is 18.1 Å². The van der Waals surface area contributed by atoms with Crippen molar-refractivity contribution in [2.75, 3.05) is 6.61 Å². The summed E-state index contributed by atoms with van der Waals surface area (Å²) >= 11 is 5.76. The fourth-order valence-electron chi connectivity index (χ4n) is 2.71. The first-order chi connectivity index (χ1) is 9.91. The number of sulfonamides is 1. The lowest BCUT2D eigenvalue weighted by atomic mass is 9.86. The van der Waals surface area contributed by atoms with Crippen molar-refractivity contribution in [2.45, 2.75) is 56.1 Å². The third-order valence-electron chi connectivity index (χ3n) is 4.11. The van der Waals surface area contributed by atoms with Crippen LogP contribution in [0.4, 0.5) is 0 Å². The number of hydrogen-bond donors (Lipinski definition) is 1. The van der Waals surface area contributed by atoms with Gasteiger partial charge in [-0.15, -0.1) is 0 Å². The Bertz CT molecular complexity index is 588. The number of aromatic nitrogens is 1. The predicted molar refractivity (Wildman–Crippen MR) is 81.9 cm³/mol. The Balaban J connectivity index is 2.13. The van der Waals surface area contributed by atoms with Crippen molar-refractivity contribution in [3.8, 4) is 0 Å². The monoisotopic (exact) mass is 332 g/mol. The third kappa shape index (κ3) is 3.94. The Labute approximate surface area is 131 Å². The van der Waals surface area contributed by atoms with Crippen molar-refractivity contribution in [3.63, 3.8) is 0 Å². The summed E-state index contributed by atoms with van der Waals surface area (Å²) in [5, 5.41) is 0.168. The van der Waals surface area contributed by atoms with Crippen LogP contribution >= 0.6 is 11.6 Å². The van der Waals surface area contributed by atoms with Gasteiger partial charge in [-0.2, -0.15) is 0 Å². The molecule has 0 spiro atoms. The molecule has 2 heterocycles. The summed E-state index contributed by atoms with van der Waals surface area (Å²) in [4.78, 5) is 3.95. The van der Waals surface area contributed by atoms with Crippen molar-refractivity contribution < 1.29 is 13.2 Å². The largest absolute Gasteiger partial charge is 0.375 e. The summed E-state index contributed by atoms with van der Waals surface area (Å²) in [5.74, 6) is 0. The SMILES string of the molecule is CCC1(CC)CC(NS(=O)(=O)c2ccnc(Cl)c2)CCO1. The molecule has 1 aromatic rings. The van der Waals surface area contributed by atoms with Crippen LogP contribution in [0, 0.1) is 0 Å². The fraction of sp³-hybridized carbons (Fsp3) is 0.643. The number of nitrogens with zero attached hydrogens (tertiary/aromatic N) is 1. The summed E-state index contributed by atoms with van der Waals surface area (Å²) in [5.41, 5.74) is -0.221. The van der Waals surface area contributed by atoms with Crippen molar-refractivity contribution in [3.05, 3.63) is 23.5 Å². The van der Waals surface area contributed by atoms with Crippen LogP contribution < -0.4 is 4.72 Å². The minimum Gasteiger partial charge on any atom is -0.375 e. The van der Waals surface area contributed by atoms with Gasteiger partial charge < -0.3 is 4.74 Å². The highest BCUT2D eigenvalue weighted by molar-refractivity contribution is 7.89. The molecule has 1 N–H and O–H groups in total. The number of pyridine rings is 1. The zero-order valence-electron chi connectivity index (χ0n) is 12.3. The first kappa shape index (κ1) is 16.7. The molecule has 1 saturated heterocycles. The van der Waals surface area contributed by atoms with Gasteiger partial charge in [0.1, 0.15) is 5.15 Å². The molecule has 21 heavy (non-hydrogen) atoms. The Kier molecular flexibility index (Phi) is 5.24. The van der Waals surface area contributed by atoms with Crippen molar-refractivity contribution >= 4 is 21.6 Å². The molecule has 2 rings (SSSR count). The summed E-state index contributed by atoms with van der Waals surface area (Å²) in [6.45, 7) is 4.72. The van der Waals surface area contributed by atoms with Gasteiger partial charge in [0.15, 0.2) is 0 Å². The van der Waals surface area contributed by atoms with E-state index < -0.39 is 10.0 Å². The summed E-state index contributed by atoms with van der Waals surface area (Å²) < 4.78 is 33.4. The van der Waals surface area contributed by atoms with E-state index in [1.807, 2.05) is 0 Å².